The maximum Gasteiger partial charge on any atom is 0.142 e. The Morgan fingerprint density at radius 2 is 2.33 bits per heavy atom. The highest BCUT2D eigenvalue weighted by molar-refractivity contribution is 5.60. The molecule has 0 spiro atoms. The maximum absolute atomic E-state index is 5.67. The lowest BCUT2D eigenvalue weighted by molar-refractivity contribution is 0.840. The average molecular weight is 203 g/mol. The third-order valence-corrected chi connectivity index (χ3v) is 2.17. The van der Waals surface area contributed by atoms with E-state index in [2.05, 4.69) is 20.5 Å². The summed E-state index contributed by atoms with van der Waals surface area (Å²) in [5, 5.41) is 9.73. The summed E-state index contributed by atoms with van der Waals surface area (Å²) in [4.78, 5) is 4.25. The summed E-state index contributed by atoms with van der Waals surface area (Å²) in [5.41, 5.74) is 7.44. The lowest BCUT2D eigenvalue weighted by Gasteiger charge is -2.13. The summed E-state index contributed by atoms with van der Waals surface area (Å²) in [6.45, 7) is 2.02. The van der Waals surface area contributed by atoms with Gasteiger partial charge in [0.2, 0.25) is 0 Å². The Hall–Kier alpha value is -2.04. The van der Waals surface area contributed by atoms with Gasteiger partial charge < -0.3 is 11.1 Å². The van der Waals surface area contributed by atoms with E-state index < -0.39 is 0 Å². The smallest absolute Gasteiger partial charge is 0.142 e. The van der Waals surface area contributed by atoms with Crippen LogP contribution in [-0.2, 0) is 0 Å². The van der Waals surface area contributed by atoms with E-state index in [-0.39, 0.29) is 6.04 Å². The molecule has 0 saturated carbocycles. The first-order valence-electron chi connectivity index (χ1n) is 4.73. The molecule has 4 N–H and O–H groups in total. The summed E-state index contributed by atoms with van der Waals surface area (Å²) in [7, 11) is 0. The molecule has 0 bridgehead atoms. The Morgan fingerprint density at radius 1 is 1.47 bits per heavy atom. The fraction of sp³-hybridized carbons (Fsp3) is 0.200. The van der Waals surface area contributed by atoms with Gasteiger partial charge in [0.15, 0.2) is 0 Å². The van der Waals surface area contributed by atoms with Gasteiger partial charge in [0.25, 0.3) is 0 Å². The first-order chi connectivity index (χ1) is 7.27. The van der Waals surface area contributed by atoms with Crippen LogP contribution in [0.1, 0.15) is 18.7 Å². The summed E-state index contributed by atoms with van der Waals surface area (Å²) in [6, 6.07) is 5.92. The highest BCUT2D eigenvalue weighted by Crippen LogP contribution is 2.20. The molecule has 0 aliphatic rings. The molecule has 0 aromatic carbocycles. The standard InChI is InChI=1S/C10H13N5/c1-7(8-4-2-3-5-12-8)14-9-6-13-15-10(9)11/h2-7,14H,1H3,(H3,11,13,15). The highest BCUT2D eigenvalue weighted by Gasteiger charge is 2.08. The third-order valence-electron chi connectivity index (χ3n) is 2.17. The summed E-state index contributed by atoms with van der Waals surface area (Å²) < 4.78 is 0. The minimum absolute atomic E-state index is 0.103. The molecule has 0 radical (unpaired) electrons. The van der Waals surface area contributed by atoms with Crippen LogP contribution in [0, 0.1) is 0 Å². The van der Waals surface area contributed by atoms with Crippen molar-refractivity contribution in [1.29, 1.82) is 0 Å². The number of rotatable bonds is 3. The number of nitrogen functional groups attached to an aromatic ring is 1. The number of aromatic nitrogens is 3. The van der Waals surface area contributed by atoms with Crippen LogP contribution in [0.3, 0.4) is 0 Å². The summed E-state index contributed by atoms with van der Waals surface area (Å²) in [6.07, 6.45) is 3.43. The fourth-order valence-corrected chi connectivity index (χ4v) is 1.35. The number of nitrogens with one attached hydrogen (secondary N) is 2. The van der Waals surface area contributed by atoms with Gasteiger partial charge in [0, 0.05) is 6.20 Å². The lowest BCUT2D eigenvalue weighted by Crippen LogP contribution is -2.08. The van der Waals surface area contributed by atoms with E-state index in [1.807, 2.05) is 25.1 Å². The van der Waals surface area contributed by atoms with Gasteiger partial charge in [0.05, 0.1) is 23.6 Å². The zero-order chi connectivity index (χ0) is 10.7. The van der Waals surface area contributed by atoms with Crippen molar-refractivity contribution in [3.63, 3.8) is 0 Å². The van der Waals surface area contributed by atoms with Gasteiger partial charge in [-0.1, -0.05) is 6.07 Å². The van der Waals surface area contributed by atoms with Gasteiger partial charge in [-0.15, -0.1) is 0 Å². The minimum atomic E-state index is 0.103. The van der Waals surface area contributed by atoms with Crippen molar-refractivity contribution in [2.75, 3.05) is 11.1 Å². The molecular formula is C10H13N5. The molecule has 0 amide bonds. The molecule has 0 saturated heterocycles. The fourth-order valence-electron chi connectivity index (χ4n) is 1.35. The normalized spacial score (nSPS) is 12.3. The van der Waals surface area contributed by atoms with Crippen LogP contribution in [0.15, 0.2) is 30.6 Å². The van der Waals surface area contributed by atoms with Crippen molar-refractivity contribution >= 4 is 11.5 Å². The predicted molar refractivity (Wildman–Crippen MR) is 59.3 cm³/mol. The van der Waals surface area contributed by atoms with E-state index in [0.29, 0.717) is 5.82 Å². The molecule has 2 rings (SSSR count). The maximum atomic E-state index is 5.67. The Labute approximate surface area is 87.7 Å². The average Bonchev–Trinajstić information content (AvgIpc) is 2.66. The number of nitrogens with zero attached hydrogens (tertiary/aromatic N) is 2. The molecule has 2 aromatic rings. The largest absolute Gasteiger partial charge is 0.382 e. The SMILES string of the molecule is CC(Nc1cn[nH]c1N)c1ccccn1. The van der Waals surface area contributed by atoms with Gasteiger partial charge in [-0.25, -0.2) is 0 Å². The zero-order valence-electron chi connectivity index (χ0n) is 8.44. The second-order valence-corrected chi connectivity index (χ2v) is 3.32. The van der Waals surface area contributed by atoms with Crippen LogP contribution in [0.25, 0.3) is 0 Å². The van der Waals surface area contributed by atoms with Gasteiger partial charge in [-0.05, 0) is 19.1 Å². The number of aromatic amines is 1. The molecule has 15 heavy (non-hydrogen) atoms. The molecule has 2 aromatic heterocycles. The van der Waals surface area contributed by atoms with Crippen molar-refractivity contribution in [3.05, 3.63) is 36.3 Å². The first kappa shape index (κ1) is 9.51. The van der Waals surface area contributed by atoms with Crippen LogP contribution < -0.4 is 11.1 Å². The first-order valence-corrected chi connectivity index (χ1v) is 4.73. The van der Waals surface area contributed by atoms with Gasteiger partial charge in [-0.2, -0.15) is 5.10 Å². The molecule has 0 aliphatic carbocycles. The van der Waals surface area contributed by atoms with Gasteiger partial charge >= 0.3 is 0 Å². The van der Waals surface area contributed by atoms with Crippen LogP contribution in [-0.4, -0.2) is 15.2 Å². The van der Waals surface area contributed by atoms with Crippen molar-refractivity contribution in [2.24, 2.45) is 0 Å². The molecule has 78 valence electrons. The molecule has 0 fully saturated rings. The van der Waals surface area contributed by atoms with Crippen LogP contribution in [0.2, 0.25) is 0 Å². The number of H-pyrrole nitrogens is 1. The predicted octanol–water partition coefficient (Wildman–Crippen LogP) is 1.56. The quantitative estimate of drug-likeness (QED) is 0.707. The van der Waals surface area contributed by atoms with Crippen molar-refractivity contribution in [3.8, 4) is 0 Å². The van der Waals surface area contributed by atoms with E-state index >= 15 is 0 Å². The van der Waals surface area contributed by atoms with Crippen molar-refractivity contribution in [2.45, 2.75) is 13.0 Å². The topological polar surface area (TPSA) is 79.6 Å². The minimum Gasteiger partial charge on any atom is -0.382 e. The molecule has 0 aliphatic heterocycles. The van der Waals surface area contributed by atoms with Gasteiger partial charge in [-0.3, -0.25) is 10.1 Å². The van der Waals surface area contributed by atoms with E-state index in [4.69, 9.17) is 5.73 Å². The summed E-state index contributed by atoms with van der Waals surface area (Å²) >= 11 is 0. The monoisotopic (exact) mass is 203 g/mol. The second kappa shape index (κ2) is 4.00. The summed E-state index contributed by atoms with van der Waals surface area (Å²) in [5.74, 6) is 0.540. The molecule has 1 unspecified atom stereocenters. The molecule has 5 heteroatoms. The van der Waals surface area contributed by atoms with E-state index in [1.54, 1.807) is 12.4 Å². The Balaban J connectivity index is 2.11. The van der Waals surface area contributed by atoms with E-state index in [1.165, 1.54) is 0 Å². The molecule has 1 atom stereocenters. The number of nitrogens with two attached hydrogens (primary N) is 1. The van der Waals surface area contributed by atoms with Crippen LogP contribution in [0.4, 0.5) is 11.5 Å². The number of anilines is 2. The number of hydrogen-bond acceptors (Lipinski definition) is 4. The lowest BCUT2D eigenvalue weighted by atomic mass is 10.2. The van der Waals surface area contributed by atoms with Crippen LogP contribution in [0.5, 0.6) is 0 Å². The zero-order valence-corrected chi connectivity index (χ0v) is 8.44. The highest BCUT2D eigenvalue weighted by atomic mass is 15.2. The van der Waals surface area contributed by atoms with Crippen molar-refractivity contribution < 1.29 is 0 Å². The Kier molecular flexibility index (Phi) is 2.53. The molecule has 2 heterocycles. The number of hydrogen-bond donors (Lipinski definition) is 3. The van der Waals surface area contributed by atoms with E-state index in [0.717, 1.165) is 11.4 Å². The molecule has 5 nitrogen and oxygen atoms in total. The third kappa shape index (κ3) is 2.07. The van der Waals surface area contributed by atoms with Crippen LogP contribution >= 0.6 is 0 Å². The second-order valence-electron chi connectivity index (χ2n) is 3.32. The van der Waals surface area contributed by atoms with E-state index in [9.17, 15) is 0 Å². The Bertz CT molecular complexity index is 422. The number of pyridine rings is 1. The van der Waals surface area contributed by atoms with Gasteiger partial charge in [0.1, 0.15) is 5.82 Å². The molecular weight excluding hydrogens is 190 g/mol. The Morgan fingerprint density at radius 3 is 2.93 bits per heavy atom. The van der Waals surface area contributed by atoms with Crippen molar-refractivity contribution in [1.82, 2.24) is 15.2 Å².